The van der Waals surface area contributed by atoms with Gasteiger partial charge in [-0.25, -0.2) is 4.79 Å². The number of likely N-dealkylation sites (N-methyl/N-ethyl adjacent to an activating group) is 1. The number of carbonyl (C=O) groups is 3. The summed E-state index contributed by atoms with van der Waals surface area (Å²) in [5.74, 6) is 0.555. The highest BCUT2D eigenvalue weighted by Crippen LogP contribution is 2.34. The van der Waals surface area contributed by atoms with E-state index in [0.29, 0.717) is 30.2 Å². The first-order chi connectivity index (χ1) is 17.5. The molecule has 0 aliphatic carbocycles. The number of amides is 4. The molecule has 0 spiro atoms. The van der Waals surface area contributed by atoms with Gasteiger partial charge in [-0.2, -0.15) is 0 Å². The number of ether oxygens (including phenoxy) is 2. The van der Waals surface area contributed by atoms with Crippen LogP contribution in [-0.2, 0) is 28.1 Å². The highest BCUT2D eigenvalue weighted by molar-refractivity contribution is 6.09. The van der Waals surface area contributed by atoms with E-state index in [1.165, 1.54) is 0 Å². The molecule has 5 rings (SSSR count). The van der Waals surface area contributed by atoms with Crippen LogP contribution >= 0.6 is 0 Å². The van der Waals surface area contributed by atoms with Crippen LogP contribution in [0.1, 0.15) is 23.6 Å². The number of rotatable bonds is 8. The van der Waals surface area contributed by atoms with E-state index in [2.05, 4.69) is 5.32 Å². The summed E-state index contributed by atoms with van der Waals surface area (Å²) < 4.78 is 10.8. The van der Waals surface area contributed by atoms with Crippen LogP contribution in [0.2, 0.25) is 0 Å². The average molecular weight is 486 g/mol. The topological polar surface area (TPSA) is 88.2 Å². The second-order valence-electron chi connectivity index (χ2n) is 8.85. The van der Waals surface area contributed by atoms with Gasteiger partial charge in [0.2, 0.25) is 12.7 Å². The molecule has 36 heavy (non-hydrogen) atoms. The number of benzene rings is 3. The third kappa shape index (κ3) is 4.37. The summed E-state index contributed by atoms with van der Waals surface area (Å²) in [5, 5.41) is 2.91. The Morgan fingerprint density at radius 2 is 1.64 bits per heavy atom. The lowest BCUT2D eigenvalue weighted by Crippen LogP contribution is -2.47. The van der Waals surface area contributed by atoms with Crippen molar-refractivity contribution < 1.29 is 23.9 Å². The molecular weight excluding hydrogens is 458 g/mol. The van der Waals surface area contributed by atoms with E-state index >= 15 is 0 Å². The highest BCUT2D eigenvalue weighted by atomic mass is 16.7. The van der Waals surface area contributed by atoms with Gasteiger partial charge in [0, 0.05) is 19.5 Å². The first kappa shape index (κ1) is 23.4. The fraction of sp³-hybridized carbons (Fsp3) is 0.250. The molecule has 0 bridgehead atoms. The first-order valence-corrected chi connectivity index (χ1v) is 11.9. The first-order valence-electron chi connectivity index (χ1n) is 11.9. The molecule has 0 radical (unpaired) electrons. The smallest absolute Gasteiger partial charge is 0.325 e. The van der Waals surface area contributed by atoms with Crippen LogP contribution in [0.5, 0.6) is 11.5 Å². The predicted molar refractivity (Wildman–Crippen MR) is 132 cm³/mol. The number of imide groups is 1. The monoisotopic (exact) mass is 485 g/mol. The summed E-state index contributed by atoms with van der Waals surface area (Å²) in [6, 6.07) is 23.6. The molecule has 8 nitrogen and oxygen atoms in total. The molecule has 0 saturated carbocycles. The van der Waals surface area contributed by atoms with Crippen molar-refractivity contribution in [3.05, 3.63) is 95.6 Å². The van der Waals surface area contributed by atoms with E-state index in [1.54, 1.807) is 4.90 Å². The van der Waals surface area contributed by atoms with Gasteiger partial charge < -0.3 is 19.7 Å². The molecule has 1 atom stereocenters. The lowest BCUT2D eigenvalue weighted by atomic mass is 9.83. The molecule has 1 N–H and O–H groups in total. The van der Waals surface area contributed by atoms with Crippen molar-refractivity contribution in [1.82, 2.24) is 15.1 Å². The van der Waals surface area contributed by atoms with E-state index in [1.807, 2.05) is 85.8 Å². The molecule has 2 aliphatic rings. The van der Waals surface area contributed by atoms with Gasteiger partial charge in [0.05, 0.1) is 0 Å². The third-order valence-electron chi connectivity index (χ3n) is 6.59. The normalized spacial score (nSPS) is 18.3. The summed E-state index contributed by atoms with van der Waals surface area (Å²) >= 11 is 0. The van der Waals surface area contributed by atoms with Crippen molar-refractivity contribution in [2.24, 2.45) is 0 Å². The quantitative estimate of drug-likeness (QED) is 0.494. The van der Waals surface area contributed by atoms with E-state index < -0.39 is 17.5 Å². The van der Waals surface area contributed by atoms with Crippen molar-refractivity contribution in [2.75, 3.05) is 19.9 Å². The second-order valence-corrected chi connectivity index (χ2v) is 8.85. The van der Waals surface area contributed by atoms with Crippen molar-refractivity contribution in [1.29, 1.82) is 0 Å². The van der Waals surface area contributed by atoms with Crippen LogP contribution in [0.3, 0.4) is 0 Å². The van der Waals surface area contributed by atoms with E-state index in [9.17, 15) is 14.4 Å². The number of hydrogen-bond donors (Lipinski definition) is 1. The van der Waals surface area contributed by atoms with Gasteiger partial charge in [-0.1, -0.05) is 66.7 Å². The largest absolute Gasteiger partial charge is 0.454 e. The Morgan fingerprint density at radius 1 is 0.944 bits per heavy atom. The Hall–Kier alpha value is -4.33. The Balaban J connectivity index is 1.37. The number of fused-ring (bicyclic) bond motifs is 1. The van der Waals surface area contributed by atoms with Gasteiger partial charge >= 0.3 is 6.03 Å². The van der Waals surface area contributed by atoms with Gasteiger partial charge in [0.25, 0.3) is 5.91 Å². The minimum atomic E-state index is -1.28. The maximum Gasteiger partial charge on any atom is 0.325 e. The number of carbonyl (C=O) groups excluding carboxylic acids is 3. The molecule has 2 heterocycles. The average Bonchev–Trinajstić information content (AvgIpc) is 3.46. The molecule has 8 heteroatoms. The second kappa shape index (κ2) is 9.73. The zero-order valence-corrected chi connectivity index (χ0v) is 20.0. The zero-order valence-electron chi connectivity index (χ0n) is 20.0. The minimum Gasteiger partial charge on any atom is -0.454 e. The number of nitrogens with one attached hydrogen (secondary N) is 1. The minimum absolute atomic E-state index is 0.174. The zero-order chi connectivity index (χ0) is 25.1. The summed E-state index contributed by atoms with van der Waals surface area (Å²) in [6.45, 7) is 2.44. The lowest BCUT2D eigenvalue weighted by Gasteiger charge is -2.28. The van der Waals surface area contributed by atoms with Gasteiger partial charge in [0.15, 0.2) is 17.0 Å². The molecule has 184 valence electrons. The van der Waals surface area contributed by atoms with Crippen LogP contribution in [0, 0.1) is 0 Å². The summed E-state index contributed by atoms with van der Waals surface area (Å²) in [5.41, 5.74) is 1.17. The van der Waals surface area contributed by atoms with Crippen molar-refractivity contribution in [3.8, 4) is 11.5 Å². The third-order valence-corrected chi connectivity index (χ3v) is 6.59. The van der Waals surface area contributed by atoms with Crippen LogP contribution in [0.15, 0.2) is 78.9 Å². The van der Waals surface area contributed by atoms with Gasteiger partial charge in [-0.3, -0.25) is 14.5 Å². The van der Waals surface area contributed by atoms with Gasteiger partial charge in [0.1, 0.15) is 6.54 Å². The fourth-order valence-corrected chi connectivity index (χ4v) is 4.68. The van der Waals surface area contributed by atoms with Crippen molar-refractivity contribution in [2.45, 2.75) is 25.4 Å². The van der Waals surface area contributed by atoms with E-state index in [0.717, 1.165) is 16.0 Å². The molecule has 2 aliphatic heterocycles. The lowest BCUT2D eigenvalue weighted by molar-refractivity contribution is -0.139. The Labute approximate surface area is 209 Å². The summed E-state index contributed by atoms with van der Waals surface area (Å²) in [6.07, 6.45) is 0.280. The van der Waals surface area contributed by atoms with Crippen molar-refractivity contribution in [3.63, 3.8) is 0 Å². The van der Waals surface area contributed by atoms with Gasteiger partial charge in [-0.05, 0) is 35.7 Å². The Kier molecular flexibility index (Phi) is 6.33. The molecule has 4 amide bonds. The fourth-order valence-electron chi connectivity index (χ4n) is 4.68. The Morgan fingerprint density at radius 3 is 2.36 bits per heavy atom. The molecule has 3 aromatic carbocycles. The van der Waals surface area contributed by atoms with Crippen LogP contribution in [-0.4, -0.2) is 47.5 Å². The molecule has 1 fully saturated rings. The highest BCUT2D eigenvalue weighted by Gasteiger charge is 2.52. The molecule has 0 aromatic heterocycles. The van der Waals surface area contributed by atoms with Gasteiger partial charge in [-0.15, -0.1) is 0 Å². The molecule has 0 unspecified atom stereocenters. The molecule has 3 aromatic rings. The maximum atomic E-state index is 13.8. The standard InChI is InChI=1S/C28H27N3O5/c1-2-30(17-21-13-14-23-24(15-21)36-19-35-23)25(32)18-31-26(33)28(29-27(31)34,22-11-7-4-8-12-22)16-20-9-5-3-6-10-20/h3-15H,2,16-19H2,1H3,(H,29,34)/t28-/m0/s1. The van der Waals surface area contributed by atoms with E-state index in [4.69, 9.17) is 9.47 Å². The SMILES string of the molecule is CCN(Cc1ccc2c(c1)OCO2)C(=O)CN1C(=O)N[C@@](Cc2ccccc2)(c2ccccc2)C1=O. The van der Waals surface area contributed by atoms with Crippen LogP contribution in [0.25, 0.3) is 0 Å². The summed E-state index contributed by atoms with van der Waals surface area (Å²) in [4.78, 5) is 42.8. The van der Waals surface area contributed by atoms with Crippen molar-refractivity contribution >= 4 is 17.8 Å². The predicted octanol–water partition coefficient (Wildman–Crippen LogP) is 3.45. The maximum absolute atomic E-state index is 13.8. The van der Waals surface area contributed by atoms with Crippen LogP contribution in [0.4, 0.5) is 4.79 Å². The van der Waals surface area contributed by atoms with Crippen LogP contribution < -0.4 is 14.8 Å². The Bertz CT molecular complexity index is 1280. The number of urea groups is 1. The van der Waals surface area contributed by atoms with E-state index in [-0.39, 0.29) is 25.7 Å². The molecule has 1 saturated heterocycles. The number of hydrogen-bond acceptors (Lipinski definition) is 5. The summed E-state index contributed by atoms with van der Waals surface area (Å²) in [7, 11) is 0. The molecular formula is C28H27N3O5. The number of nitrogens with zero attached hydrogens (tertiary/aromatic N) is 2.